The summed E-state index contributed by atoms with van der Waals surface area (Å²) in [7, 11) is 1.52. The van der Waals surface area contributed by atoms with E-state index in [-0.39, 0.29) is 6.01 Å². The molecule has 2 aromatic heterocycles. The van der Waals surface area contributed by atoms with Crippen LogP contribution in [0.3, 0.4) is 0 Å². The Hall–Kier alpha value is -2.38. The summed E-state index contributed by atoms with van der Waals surface area (Å²) in [6.07, 6.45) is 0.978. The molecule has 2 heterocycles. The first kappa shape index (κ1) is 15.0. The molecule has 2 rings (SSSR count). The van der Waals surface area contributed by atoms with Gasteiger partial charge in [0.05, 0.1) is 19.3 Å². The molecule has 0 aromatic carbocycles. The number of aromatic nitrogens is 4. The van der Waals surface area contributed by atoms with Crippen LogP contribution in [0.1, 0.15) is 30.7 Å². The van der Waals surface area contributed by atoms with Crippen molar-refractivity contribution in [2.45, 2.75) is 33.7 Å². The minimum atomic E-state index is 0.255. The van der Waals surface area contributed by atoms with E-state index in [9.17, 15) is 0 Å². The van der Waals surface area contributed by atoms with E-state index in [1.165, 1.54) is 7.11 Å². The molecule has 0 spiro atoms. The lowest BCUT2D eigenvalue weighted by molar-refractivity contribution is 0.379. The average molecular weight is 292 g/mol. The zero-order valence-electron chi connectivity index (χ0n) is 12.7. The predicted octanol–water partition coefficient (Wildman–Crippen LogP) is 1.92. The largest absolute Gasteiger partial charge is 0.467 e. The molecule has 0 saturated heterocycles. The highest BCUT2D eigenvalue weighted by Crippen LogP contribution is 2.13. The summed E-state index contributed by atoms with van der Waals surface area (Å²) in [5.41, 5.74) is 0.880. The maximum absolute atomic E-state index is 5.50. The minimum absolute atomic E-state index is 0.255. The third kappa shape index (κ3) is 4.04. The molecule has 0 bridgehead atoms. The summed E-state index contributed by atoms with van der Waals surface area (Å²) >= 11 is 0. The van der Waals surface area contributed by atoms with Crippen LogP contribution < -0.4 is 15.4 Å². The topological polar surface area (TPSA) is 98.0 Å². The number of oxazole rings is 1. The molecule has 8 heteroatoms. The molecule has 0 saturated carbocycles. The molecule has 0 unspecified atom stereocenters. The first-order chi connectivity index (χ1) is 10.1. The number of methoxy groups -OCH3 is 1. The molecule has 0 aliphatic carbocycles. The maximum Gasteiger partial charge on any atom is 0.322 e. The Labute approximate surface area is 123 Å². The Morgan fingerprint density at radius 3 is 2.33 bits per heavy atom. The lowest BCUT2D eigenvalue weighted by atomic mass is 10.4. The van der Waals surface area contributed by atoms with Gasteiger partial charge in [0.2, 0.25) is 17.8 Å². The Morgan fingerprint density at radius 1 is 1.05 bits per heavy atom. The second-order valence-corrected chi connectivity index (χ2v) is 4.50. The maximum atomic E-state index is 5.50. The van der Waals surface area contributed by atoms with E-state index >= 15 is 0 Å². The molecular weight excluding hydrogens is 272 g/mol. The molecule has 0 aliphatic rings. The van der Waals surface area contributed by atoms with E-state index in [0.717, 1.165) is 24.4 Å². The zero-order chi connectivity index (χ0) is 15.2. The molecule has 21 heavy (non-hydrogen) atoms. The monoisotopic (exact) mass is 292 g/mol. The van der Waals surface area contributed by atoms with Crippen molar-refractivity contribution in [2.75, 3.05) is 24.3 Å². The molecule has 8 nitrogen and oxygen atoms in total. The van der Waals surface area contributed by atoms with Gasteiger partial charge in [-0.3, -0.25) is 0 Å². The number of nitrogens with one attached hydrogen (secondary N) is 2. The van der Waals surface area contributed by atoms with Crippen molar-refractivity contribution < 1.29 is 9.15 Å². The van der Waals surface area contributed by atoms with Crippen LogP contribution in [0.2, 0.25) is 0 Å². The molecule has 2 N–H and O–H groups in total. The van der Waals surface area contributed by atoms with Crippen molar-refractivity contribution in [3.8, 4) is 6.01 Å². The van der Waals surface area contributed by atoms with E-state index in [2.05, 4.69) is 37.5 Å². The summed E-state index contributed by atoms with van der Waals surface area (Å²) in [5.74, 6) is 2.29. The van der Waals surface area contributed by atoms with Crippen molar-refractivity contribution >= 4 is 11.9 Å². The van der Waals surface area contributed by atoms with E-state index in [1.54, 1.807) is 0 Å². The third-order valence-electron chi connectivity index (χ3n) is 2.80. The van der Waals surface area contributed by atoms with Gasteiger partial charge in [0.15, 0.2) is 0 Å². The van der Waals surface area contributed by atoms with Crippen LogP contribution in [0.25, 0.3) is 0 Å². The van der Waals surface area contributed by atoms with E-state index in [1.807, 2.05) is 13.8 Å². The second-order valence-electron chi connectivity index (χ2n) is 4.50. The Morgan fingerprint density at radius 2 is 1.76 bits per heavy atom. The van der Waals surface area contributed by atoms with Gasteiger partial charge in [-0.05, 0) is 20.3 Å². The first-order valence-corrected chi connectivity index (χ1v) is 6.83. The van der Waals surface area contributed by atoms with Gasteiger partial charge in [-0.15, -0.1) is 0 Å². The number of aryl methyl sites for hydroxylation is 2. The highest BCUT2D eigenvalue weighted by molar-refractivity contribution is 5.35. The van der Waals surface area contributed by atoms with Crippen LogP contribution in [-0.2, 0) is 6.54 Å². The van der Waals surface area contributed by atoms with Crippen molar-refractivity contribution in [1.29, 1.82) is 0 Å². The zero-order valence-corrected chi connectivity index (χ0v) is 12.7. The number of anilines is 2. The number of ether oxygens (including phenoxy) is 1. The Bertz CT molecular complexity index is 579. The number of nitrogens with zero attached hydrogens (tertiary/aromatic N) is 4. The standard InChI is InChI=1S/C13H20N6O2/c1-5-6-14-11-17-12(19-13(18-11)20-4)15-7-10-16-8(2)9(3)21-10/h5-7H2,1-4H3,(H2,14,15,17,18,19). The fourth-order valence-corrected chi connectivity index (χ4v) is 1.61. The number of hydrogen-bond acceptors (Lipinski definition) is 8. The van der Waals surface area contributed by atoms with E-state index < -0.39 is 0 Å². The fourth-order valence-electron chi connectivity index (χ4n) is 1.61. The normalized spacial score (nSPS) is 10.5. The molecule has 114 valence electrons. The van der Waals surface area contributed by atoms with Crippen molar-refractivity contribution in [2.24, 2.45) is 0 Å². The summed E-state index contributed by atoms with van der Waals surface area (Å²) in [6.45, 7) is 7.03. The van der Waals surface area contributed by atoms with Gasteiger partial charge in [-0.2, -0.15) is 15.0 Å². The van der Waals surface area contributed by atoms with Gasteiger partial charge in [-0.25, -0.2) is 4.98 Å². The van der Waals surface area contributed by atoms with Crippen LogP contribution in [0, 0.1) is 13.8 Å². The van der Waals surface area contributed by atoms with Crippen LogP contribution in [0.15, 0.2) is 4.42 Å². The summed E-state index contributed by atoms with van der Waals surface area (Å²) in [5, 5.41) is 6.15. The van der Waals surface area contributed by atoms with Gasteiger partial charge in [0.1, 0.15) is 5.76 Å². The predicted molar refractivity (Wildman–Crippen MR) is 78.5 cm³/mol. The van der Waals surface area contributed by atoms with Crippen LogP contribution in [-0.4, -0.2) is 33.6 Å². The van der Waals surface area contributed by atoms with Crippen LogP contribution in [0.4, 0.5) is 11.9 Å². The smallest absolute Gasteiger partial charge is 0.322 e. The summed E-state index contributed by atoms with van der Waals surface area (Å²) in [6, 6.07) is 0.255. The Balaban J connectivity index is 2.07. The molecule has 2 aromatic rings. The molecule has 0 radical (unpaired) electrons. The molecule has 0 atom stereocenters. The van der Waals surface area contributed by atoms with Gasteiger partial charge in [0.25, 0.3) is 0 Å². The van der Waals surface area contributed by atoms with Crippen molar-refractivity contribution in [3.05, 3.63) is 17.3 Å². The van der Waals surface area contributed by atoms with Crippen molar-refractivity contribution in [3.63, 3.8) is 0 Å². The van der Waals surface area contributed by atoms with Crippen molar-refractivity contribution in [1.82, 2.24) is 19.9 Å². The molecule has 0 fully saturated rings. The lowest BCUT2D eigenvalue weighted by Gasteiger charge is -2.07. The highest BCUT2D eigenvalue weighted by atomic mass is 16.5. The van der Waals surface area contributed by atoms with Gasteiger partial charge in [-0.1, -0.05) is 6.92 Å². The quantitative estimate of drug-likeness (QED) is 0.798. The Kier molecular flexibility index (Phi) is 4.91. The van der Waals surface area contributed by atoms with E-state index in [0.29, 0.717) is 24.3 Å². The minimum Gasteiger partial charge on any atom is -0.467 e. The lowest BCUT2D eigenvalue weighted by Crippen LogP contribution is -2.10. The fraction of sp³-hybridized carbons (Fsp3) is 0.538. The average Bonchev–Trinajstić information content (AvgIpc) is 2.81. The number of hydrogen-bond donors (Lipinski definition) is 2. The molecule has 0 amide bonds. The molecular formula is C13H20N6O2. The number of rotatable bonds is 7. The van der Waals surface area contributed by atoms with E-state index in [4.69, 9.17) is 9.15 Å². The highest BCUT2D eigenvalue weighted by Gasteiger charge is 2.09. The SMILES string of the molecule is CCCNc1nc(NCc2nc(C)c(C)o2)nc(OC)n1. The van der Waals surface area contributed by atoms with Crippen LogP contribution in [0.5, 0.6) is 6.01 Å². The van der Waals surface area contributed by atoms with Crippen LogP contribution >= 0.6 is 0 Å². The summed E-state index contributed by atoms with van der Waals surface area (Å²) < 4.78 is 10.6. The second kappa shape index (κ2) is 6.87. The third-order valence-corrected chi connectivity index (χ3v) is 2.80. The first-order valence-electron chi connectivity index (χ1n) is 6.83. The van der Waals surface area contributed by atoms with Gasteiger partial charge >= 0.3 is 6.01 Å². The van der Waals surface area contributed by atoms with Gasteiger partial charge in [0, 0.05) is 6.54 Å². The van der Waals surface area contributed by atoms with Gasteiger partial charge < -0.3 is 19.8 Å². The molecule has 0 aliphatic heterocycles. The summed E-state index contributed by atoms with van der Waals surface area (Å²) in [4.78, 5) is 16.8.